The van der Waals surface area contributed by atoms with Crippen molar-refractivity contribution < 1.29 is 0 Å². The fourth-order valence-electron chi connectivity index (χ4n) is 1.48. The molecular weight excluding hydrogens is 289 g/mol. The Labute approximate surface area is 107 Å². The van der Waals surface area contributed by atoms with E-state index < -0.39 is 0 Å². The third kappa shape index (κ3) is 2.29. The minimum Gasteiger partial charge on any atom is -0.319 e. The fourth-order valence-corrected chi connectivity index (χ4v) is 1.99. The molecule has 2 aromatic rings. The van der Waals surface area contributed by atoms with Gasteiger partial charge in [0, 0.05) is 17.7 Å². The number of hydrogen-bond donors (Lipinski definition) is 1. The van der Waals surface area contributed by atoms with Crippen LogP contribution in [0.25, 0.3) is 0 Å². The van der Waals surface area contributed by atoms with E-state index in [9.17, 15) is 0 Å². The molecule has 0 amide bonds. The van der Waals surface area contributed by atoms with Crippen molar-refractivity contribution in [3.63, 3.8) is 0 Å². The van der Waals surface area contributed by atoms with Crippen molar-refractivity contribution in [3.8, 4) is 0 Å². The van der Waals surface area contributed by atoms with Gasteiger partial charge in [-0.1, -0.05) is 17.7 Å². The van der Waals surface area contributed by atoms with Gasteiger partial charge in [0.2, 0.25) is 0 Å². The number of aryl methyl sites for hydroxylation is 1. The van der Waals surface area contributed by atoms with Gasteiger partial charge < -0.3 is 5.73 Å². The van der Waals surface area contributed by atoms with Crippen LogP contribution >= 0.6 is 27.5 Å². The molecule has 0 aliphatic rings. The molecule has 0 saturated heterocycles. The largest absolute Gasteiger partial charge is 0.319 e. The van der Waals surface area contributed by atoms with E-state index in [1.54, 1.807) is 4.68 Å². The molecular formula is C11H11BrClN3. The molecule has 0 spiro atoms. The van der Waals surface area contributed by atoms with E-state index in [0.29, 0.717) is 5.02 Å². The molecule has 5 heteroatoms. The zero-order chi connectivity index (χ0) is 11.7. The van der Waals surface area contributed by atoms with Crippen molar-refractivity contribution in [2.24, 2.45) is 12.8 Å². The van der Waals surface area contributed by atoms with Crippen LogP contribution in [0.5, 0.6) is 0 Å². The Kier molecular flexibility index (Phi) is 3.33. The quantitative estimate of drug-likeness (QED) is 0.927. The first-order chi connectivity index (χ1) is 7.58. The van der Waals surface area contributed by atoms with Gasteiger partial charge in [0.15, 0.2) is 0 Å². The van der Waals surface area contributed by atoms with Crippen LogP contribution in [0.2, 0.25) is 5.02 Å². The monoisotopic (exact) mass is 299 g/mol. The third-order valence-electron chi connectivity index (χ3n) is 2.36. The van der Waals surface area contributed by atoms with E-state index in [-0.39, 0.29) is 6.04 Å². The summed E-state index contributed by atoms with van der Waals surface area (Å²) in [5.74, 6) is 0. The Morgan fingerprint density at radius 1 is 1.44 bits per heavy atom. The number of benzene rings is 1. The second-order valence-electron chi connectivity index (χ2n) is 3.57. The molecule has 1 atom stereocenters. The molecule has 0 radical (unpaired) electrons. The van der Waals surface area contributed by atoms with Gasteiger partial charge in [-0.2, -0.15) is 5.10 Å². The van der Waals surface area contributed by atoms with Gasteiger partial charge in [0.1, 0.15) is 0 Å². The molecule has 0 aliphatic heterocycles. The Bertz CT molecular complexity index is 510. The van der Waals surface area contributed by atoms with Gasteiger partial charge in [-0.05, 0) is 39.7 Å². The fraction of sp³-hybridized carbons (Fsp3) is 0.182. The van der Waals surface area contributed by atoms with Gasteiger partial charge in [-0.15, -0.1) is 0 Å². The maximum Gasteiger partial charge on any atom is 0.0837 e. The average molecular weight is 301 g/mol. The molecule has 0 aliphatic carbocycles. The van der Waals surface area contributed by atoms with Gasteiger partial charge >= 0.3 is 0 Å². The van der Waals surface area contributed by atoms with Crippen molar-refractivity contribution in [3.05, 3.63) is 51.2 Å². The highest BCUT2D eigenvalue weighted by atomic mass is 79.9. The first-order valence-corrected chi connectivity index (χ1v) is 5.95. The first-order valence-electron chi connectivity index (χ1n) is 4.78. The summed E-state index contributed by atoms with van der Waals surface area (Å²) in [5, 5.41) is 4.96. The second-order valence-corrected chi connectivity index (χ2v) is 4.83. The highest BCUT2D eigenvalue weighted by Gasteiger charge is 2.12. The van der Waals surface area contributed by atoms with Crippen molar-refractivity contribution >= 4 is 27.5 Å². The predicted octanol–water partition coefficient (Wildman–Crippen LogP) is 2.88. The van der Waals surface area contributed by atoms with Gasteiger partial charge in [-0.3, -0.25) is 4.68 Å². The Hall–Kier alpha value is -0.840. The third-order valence-corrected chi connectivity index (χ3v) is 3.57. The maximum atomic E-state index is 6.11. The summed E-state index contributed by atoms with van der Waals surface area (Å²) in [7, 11) is 1.87. The van der Waals surface area contributed by atoms with Gasteiger partial charge in [-0.25, -0.2) is 0 Å². The molecule has 0 bridgehead atoms. The van der Waals surface area contributed by atoms with Crippen LogP contribution in [-0.4, -0.2) is 9.78 Å². The molecule has 1 heterocycles. The van der Waals surface area contributed by atoms with Crippen LogP contribution in [0.15, 0.2) is 34.9 Å². The number of rotatable bonds is 2. The molecule has 16 heavy (non-hydrogen) atoms. The predicted molar refractivity (Wildman–Crippen MR) is 68.4 cm³/mol. The summed E-state index contributed by atoms with van der Waals surface area (Å²) in [6.45, 7) is 0. The van der Waals surface area contributed by atoms with Gasteiger partial charge in [0.05, 0.1) is 16.8 Å². The Morgan fingerprint density at radius 2 is 2.19 bits per heavy atom. The van der Waals surface area contributed by atoms with Crippen LogP contribution in [0.1, 0.15) is 17.3 Å². The number of aromatic nitrogens is 2. The summed E-state index contributed by atoms with van der Waals surface area (Å²) >= 11 is 9.31. The van der Waals surface area contributed by atoms with Crippen LogP contribution in [0.4, 0.5) is 0 Å². The molecule has 1 aromatic heterocycles. The molecule has 1 unspecified atom stereocenters. The minimum absolute atomic E-state index is 0.227. The molecule has 0 fully saturated rings. The zero-order valence-electron chi connectivity index (χ0n) is 8.69. The number of halogens is 2. The van der Waals surface area contributed by atoms with E-state index in [2.05, 4.69) is 21.0 Å². The van der Waals surface area contributed by atoms with Gasteiger partial charge in [0.25, 0.3) is 0 Å². The molecule has 2 rings (SSSR count). The Morgan fingerprint density at radius 3 is 2.75 bits per heavy atom. The van der Waals surface area contributed by atoms with Crippen molar-refractivity contribution in [2.75, 3.05) is 0 Å². The van der Waals surface area contributed by atoms with Crippen molar-refractivity contribution in [1.82, 2.24) is 9.78 Å². The standard InChI is InChI=1S/C11H11BrClN3/c1-16-5-4-10(15-16)11(14)7-2-3-9(13)8(12)6-7/h2-6,11H,14H2,1H3. The minimum atomic E-state index is -0.227. The van der Waals surface area contributed by atoms with E-state index >= 15 is 0 Å². The molecule has 0 saturated carbocycles. The molecule has 1 aromatic carbocycles. The van der Waals surface area contributed by atoms with E-state index in [4.69, 9.17) is 17.3 Å². The van der Waals surface area contributed by atoms with Crippen molar-refractivity contribution in [1.29, 1.82) is 0 Å². The Balaban J connectivity index is 2.33. The lowest BCUT2D eigenvalue weighted by molar-refractivity contribution is 0.716. The zero-order valence-corrected chi connectivity index (χ0v) is 11.0. The summed E-state index contributed by atoms with van der Waals surface area (Å²) in [5.41, 5.74) is 7.93. The van der Waals surface area contributed by atoms with E-state index in [1.165, 1.54) is 0 Å². The molecule has 3 nitrogen and oxygen atoms in total. The summed E-state index contributed by atoms with van der Waals surface area (Å²) in [6, 6.07) is 7.33. The molecule has 84 valence electrons. The highest BCUT2D eigenvalue weighted by molar-refractivity contribution is 9.10. The number of nitrogens with zero attached hydrogens (tertiary/aromatic N) is 2. The molecule has 2 N–H and O–H groups in total. The number of nitrogens with two attached hydrogens (primary N) is 1. The lowest BCUT2D eigenvalue weighted by atomic mass is 10.1. The lowest BCUT2D eigenvalue weighted by Crippen LogP contribution is -2.12. The summed E-state index contributed by atoms with van der Waals surface area (Å²) in [4.78, 5) is 0. The van der Waals surface area contributed by atoms with Crippen LogP contribution in [0, 0.1) is 0 Å². The highest BCUT2D eigenvalue weighted by Crippen LogP contribution is 2.27. The lowest BCUT2D eigenvalue weighted by Gasteiger charge is -2.10. The maximum absolute atomic E-state index is 6.11. The smallest absolute Gasteiger partial charge is 0.0837 e. The SMILES string of the molecule is Cn1ccc(C(N)c2ccc(Cl)c(Br)c2)n1. The normalized spacial score (nSPS) is 12.8. The van der Waals surface area contributed by atoms with Crippen LogP contribution in [-0.2, 0) is 7.05 Å². The summed E-state index contributed by atoms with van der Waals surface area (Å²) < 4.78 is 2.58. The average Bonchev–Trinajstić information content (AvgIpc) is 2.68. The van der Waals surface area contributed by atoms with E-state index in [0.717, 1.165) is 15.7 Å². The first kappa shape index (κ1) is 11.6. The van der Waals surface area contributed by atoms with Crippen LogP contribution < -0.4 is 5.73 Å². The van der Waals surface area contributed by atoms with E-state index in [1.807, 2.05) is 37.5 Å². The summed E-state index contributed by atoms with van der Waals surface area (Å²) in [6.07, 6.45) is 1.88. The number of hydrogen-bond acceptors (Lipinski definition) is 2. The topological polar surface area (TPSA) is 43.8 Å². The van der Waals surface area contributed by atoms with Crippen molar-refractivity contribution in [2.45, 2.75) is 6.04 Å². The van der Waals surface area contributed by atoms with Crippen LogP contribution in [0.3, 0.4) is 0 Å². The second kappa shape index (κ2) is 4.57.